The molecule has 0 radical (unpaired) electrons. The highest BCUT2D eigenvalue weighted by molar-refractivity contribution is 5.41. The summed E-state index contributed by atoms with van der Waals surface area (Å²) in [7, 11) is 0. The predicted molar refractivity (Wildman–Crippen MR) is 53.0 cm³/mol. The summed E-state index contributed by atoms with van der Waals surface area (Å²) in [6, 6.07) is 6.03. The molecule has 0 saturated heterocycles. The third kappa shape index (κ3) is 1.94. The van der Waals surface area contributed by atoms with Gasteiger partial charge in [-0.05, 0) is 18.2 Å². The van der Waals surface area contributed by atoms with Gasteiger partial charge in [0, 0.05) is 11.1 Å². The van der Waals surface area contributed by atoms with Crippen molar-refractivity contribution in [3.63, 3.8) is 0 Å². The molecule has 0 saturated carbocycles. The zero-order chi connectivity index (χ0) is 9.19. The SMILES string of the molecule is C=Cc1cccc(C(C)(C)C)n1. The van der Waals surface area contributed by atoms with E-state index in [0.717, 1.165) is 11.4 Å². The zero-order valence-electron chi connectivity index (χ0n) is 7.96. The van der Waals surface area contributed by atoms with Crippen molar-refractivity contribution in [2.24, 2.45) is 0 Å². The third-order valence-corrected chi connectivity index (χ3v) is 1.75. The Morgan fingerprint density at radius 3 is 2.50 bits per heavy atom. The molecule has 0 spiro atoms. The van der Waals surface area contributed by atoms with E-state index >= 15 is 0 Å². The Hall–Kier alpha value is -1.11. The lowest BCUT2D eigenvalue weighted by molar-refractivity contribution is 0.568. The molecule has 1 heterocycles. The van der Waals surface area contributed by atoms with Crippen LogP contribution in [0.1, 0.15) is 32.2 Å². The molecular weight excluding hydrogens is 146 g/mol. The smallest absolute Gasteiger partial charge is 0.0627 e. The standard InChI is InChI=1S/C11H15N/c1-5-9-7-6-8-10(12-9)11(2,3)4/h5-8H,1H2,2-4H3. The molecule has 1 heteroatoms. The molecule has 1 aromatic heterocycles. The van der Waals surface area contributed by atoms with Gasteiger partial charge in [0.15, 0.2) is 0 Å². The lowest BCUT2D eigenvalue weighted by atomic mass is 9.91. The first-order valence-electron chi connectivity index (χ1n) is 4.14. The highest BCUT2D eigenvalue weighted by atomic mass is 14.7. The summed E-state index contributed by atoms with van der Waals surface area (Å²) < 4.78 is 0. The van der Waals surface area contributed by atoms with Crippen molar-refractivity contribution < 1.29 is 0 Å². The van der Waals surface area contributed by atoms with E-state index < -0.39 is 0 Å². The Labute approximate surface area is 74.2 Å². The number of hydrogen-bond acceptors (Lipinski definition) is 1. The minimum atomic E-state index is 0.124. The Kier molecular flexibility index (Phi) is 2.32. The molecule has 1 nitrogen and oxygen atoms in total. The molecule has 0 unspecified atom stereocenters. The molecule has 0 aliphatic rings. The molecule has 0 N–H and O–H groups in total. The van der Waals surface area contributed by atoms with Crippen molar-refractivity contribution in [1.29, 1.82) is 0 Å². The Balaban J connectivity index is 3.10. The topological polar surface area (TPSA) is 12.9 Å². The number of hydrogen-bond donors (Lipinski definition) is 0. The second-order valence-electron chi connectivity index (χ2n) is 3.90. The lowest BCUT2D eigenvalue weighted by Gasteiger charge is -2.17. The summed E-state index contributed by atoms with van der Waals surface area (Å²) in [5, 5.41) is 0. The van der Waals surface area contributed by atoms with Crippen molar-refractivity contribution in [2.75, 3.05) is 0 Å². The monoisotopic (exact) mass is 161 g/mol. The van der Waals surface area contributed by atoms with Crippen LogP contribution in [0.4, 0.5) is 0 Å². The average molecular weight is 161 g/mol. The van der Waals surface area contributed by atoms with Gasteiger partial charge in [0.1, 0.15) is 0 Å². The van der Waals surface area contributed by atoms with Crippen LogP contribution in [0, 0.1) is 0 Å². The van der Waals surface area contributed by atoms with Gasteiger partial charge in [-0.3, -0.25) is 4.98 Å². The average Bonchev–Trinajstić information content (AvgIpc) is 2.03. The van der Waals surface area contributed by atoms with E-state index in [9.17, 15) is 0 Å². The molecular formula is C11H15N. The van der Waals surface area contributed by atoms with Crippen molar-refractivity contribution in [3.05, 3.63) is 36.2 Å². The van der Waals surface area contributed by atoms with E-state index in [2.05, 4.69) is 32.3 Å². The van der Waals surface area contributed by atoms with Crippen LogP contribution in [-0.2, 0) is 5.41 Å². The first-order valence-corrected chi connectivity index (χ1v) is 4.14. The molecule has 0 amide bonds. The molecule has 0 bridgehead atoms. The molecule has 1 rings (SSSR count). The molecule has 0 aliphatic heterocycles. The zero-order valence-corrected chi connectivity index (χ0v) is 7.96. The van der Waals surface area contributed by atoms with Crippen LogP contribution in [-0.4, -0.2) is 4.98 Å². The van der Waals surface area contributed by atoms with Gasteiger partial charge in [0.2, 0.25) is 0 Å². The van der Waals surface area contributed by atoms with Crippen LogP contribution in [0.15, 0.2) is 24.8 Å². The van der Waals surface area contributed by atoms with Gasteiger partial charge in [-0.15, -0.1) is 0 Å². The predicted octanol–water partition coefficient (Wildman–Crippen LogP) is 3.02. The van der Waals surface area contributed by atoms with Crippen LogP contribution in [0.2, 0.25) is 0 Å². The van der Waals surface area contributed by atoms with Crippen LogP contribution in [0.3, 0.4) is 0 Å². The highest BCUT2D eigenvalue weighted by Crippen LogP contribution is 2.19. The molecule has 0 fully saturated rings. The van der Waals surface area contributed by atoms with E-state index in [-0.39, 0.29) is 5.41 Å². The van der Waals surface area contributed by atoms with Crippen molar-refractivity contribution in [1.82, 2.24) is 4.98 Å². The maximum absolute atomic E-state index is 4.44. The maximum atomic E-state index is 4.44. The summed E-state index contributed by atoms with van der Waals surface area (Å²) in [6.45, 7) is 10.2. The number of nitrogens with zero attached hydrogens (tertiary/aromatic N) is 1. The molecule has 64 valence electrons. The van der Waals surface area contributed by atoms with E-state index in [0.29, 0.717) is 0 Å². The van der Waals surface area contributed by atoms with Gasteiger partial charge in [0.25, 0.3) is 0 Å². The van der Waals surface area contributed by atoms with Gasteiger partial charge in [-0.2, -0.15) is 0 Å². The fourth-order valence-electron chi connectivity index (χ4n) is 0.983. The minimum absolute atomic E-state index is 0.124. The van der Waals surface area contributed by atoms with E-state index in [1.165, 1.54) is 0 Å². The molecule has 12 heavy (non-hydrogen) atoms. The Morgan fingerprint density at radius 1 is 1.33 bits per heavy atom. The molecule has 0 aromatic carbocycles. The van der Waals surface area contributed by atoms with Crippen LogP contribution in [0.25, 0.3) is 6.08 Å². The van der Waals surface area contributed by atoms with Crippen molar-refractivity contribution in [3.8, 4) is 0 Å². The minimum Gasteiger partial charge on any atom is -0.253 e. The van der Waals surface area contributed by atoms with E-state index in [1.54, 1.807) is 6.08 Å². The van der Waals surface area contributed by atoms with Gasteiger partial charge in [-0.25, -0.2) is 0 Å². The van der Waals surface area contributed by atoms with Crippen LogP contribution in [0.5, 0.6) is 0 Å². The Bertz CT molecular complexity index is 281. The summed E-state index contributed by atoms with van der Waals surface area (Å²) in [4.78, 5) is 4.44. The summed E-state index contributed by atoms with van der Waals surface area (Å²) in [5.74, 6) is 0. The maximum Gasteiger partial charge on any atom is 0.0627 e. The lowest BCUT2D eigenvalue weighted by Crippen LogP contribution is -2.13. The normalized spacial score (nSPS) is 11.2. The largest absolute Gasteiger partial charge is 0.253 e. The van der Waals surface area contributed by atoms with E-state index in [1.807, 2.05) is 18.2 Å². The van der Waals surface area contributed by atoms with Crippen LogP contribution < -0.4 is 0 Å². The number of pyridine rings is 1. The fraction of sp³-hybridized carbons (Fsp3) is 0.364. The molecule has 1 aromatic rings. The second-order valence-corrected chi connectivity index (χ2v) is 3.90. The molecule has 0 aliphatic carbocycles. The van der Waals surface area contributed by atoms with Gasteiger partial charge >= 0.3 is 0 Å². The third-order valence-electron chi connectivity index (χ3n) is 1.75. The van der Waals surface area contributed by atoms with Crippen molar-refractivity contribution >= 4 is 6.08 Å². The second kappa shape index (κ2) is 3.10. The van der Waals surface area contributed by atoms with Crippen LogP contribution >= 0.6 is 0 Å². The summed E-state index contributed by atoms with van der Waals surface area (Å²) in [5.41, 5.74) is 2.18. The number of rotatable bonds is 1. The van der Waals surface area contributed by atoms with Gasteiger partial charge < -0.3 is 0 Å². The first kappa shape index (κ1) is 8.98. The Morgan fingerprint density at radius 2 is 2.00 bits per heavy atom. The summed E-state index contributed by atoms with van der Waals surface area (Å²) >= 11 is 0. The highest BCUT2D eigenvalue weighted by Gasteiger charge is 2.14. The van der Waals surface area contributed by atoms with Gasteiger partial charge in [0.05, 0.1) is 5.69 Å². The number of aromatic nitrogens is 1. The first-order chi connectivity index (χ1) is 5.54. The van der Waals surface area contributed by atoms with E-state index in [4.69, 9.17) is 0 Å². The molecule has 0 atom stereocenters. The van der Waals surface area contributed by atoms with Gasteiger partial charge in [-0.1, -0.05) is 33.4 Å². The fourth-order valence-corrected chi connectivity index (χ4v) is 0.983. The summed E-state index contributed by atoms with van der Waals surface area (Å²) in [6.07, 6.45) is 1.77. The quantitative estimate of drug-likeness (QED) is 0.617. The van der Waals surface area contributed by atoms with Crippen molar-refractivity contribution in [2.45, 2.75) is 26.2 Å².